The predicted molar refractivity (Wildman–Crippen MR) is 61.5 cm³/mol. The van der Waals surface area contributed by atoms with Crippen molar-refractivity contribution in [2.24, 2.45) is 0 Å². The maximum Gasteiger partial charge on any atom is 0.329 e. The number of carbonyl (C=O) groups is 2. The molecular formula is C12H10N2O3. The van der Waals surface area contributed by atoms with Crippen LogP contribution in [-0.4, -0.2) is 16.6 Å². The summed E-state index contributed by atoms with van der Waals surface area (Å²) < 4.78 is 1.41. The van der Waals surface area contributed by atoms with Crippen LogP contribution in [0.4, 0.5) is 5.69 Å². The second-order valence-electron chi connectivity index (χ2n) is 3.99. The first-order valence-electron chi connectivity index (χ1n) is 5.27. The van der Waals surface area contributed by atoms with Crippen molar-refractivity contribution in [1.29, 1.82) is 0 Å². The van der Waals surface area contributed by atoms with Crippen LogP contribution in [-0.2, 0) is 16.0 Å². The van der Waals surface area contributed by atoms with Gasteiger partial charge >= 0.3 is 5.97 Å². The average Bonchev–Trinajstić information content (AvgIpc) is 2.57. The average molecular weight is 230 g/mol. The van der Waals surface area contributed by atoms with Gasteiger partial charge in [-0.05, 0) is 17.7 Å². The molecule has 1 aliphatic rings. The van der Waals surface area contributed by atoms with Gasteiger partial charge in [-0.1, -0.05) is 6.07 Å². The zero-order chi connectivity index (χ0) is 12.0. The molecule has 0 saturated heterocycles. The summed E-state index contributed by atoms with van der Waals surface area (Å²) in [7, 11) is 0. The molecule has 1 aromatic carbocycles. The quantitative estimate of drug-likeness (QED) is 0.798. The summed E-state index contributed by atoms with van der Waals surface area (Å²) in [6.45, 7) is 1.35. The van der Waals surface area contributed by atoms with E-state index >= 15 is 0 Å². The molecule has 1 aromatic heterocycles. The Bertz CT molecular complexity index is 642. The van der Waals surface area contributed by atoms with Crippen LogP contribution in [0, 0.1) is 0 Å². The van der Waals surface area contributed by atoms with Gasteiger partial charge in [0.25, 0.3) is 0 Å². The van der Waals surface area contributed by atoms with Crippen LogP contribution < -0.4 is 10.2 Å². The van der Waals surface area contributed by atoms with Gasteiger partial charge < -0.3 is 10.2 Å². The lowest BCUT2D eigenvalue weighted by molar-refractivity contribution is -0.140. The van der Waals surface area contributed by atoms with E-state index < -0.39 is 5.97 Å². The van der Waals surface area contributed by atoms with Gasteiger partial charge in [0.05, 0.1) is 17.6 Å². The Morgan fingerprint density at radius 2 is 2.29 bits per heavy atom. The molecule has 0 fully saturated rings. The second-order valence-corrected chi connectivity index (χ2v) is 3.99. The van der Waals surface area contributed by atoms with Crippen LogP contribution in [0.3, 0.4) is 0 Å². The van der Waals surface area contributed by atoms with E-state index in [2.05, 4.69) is 5.32 Å². The minimum Gasteiger partial charge on any atom is -0.337 e. The van der Waals surface area contributed by atoms with Crippen molar-refractivity contribution in [2.45, 2.75) is 13.3 Å². The van der Waals surface area contributed by atoms with E-state index in [1.54, 1.807) is 6.20 Å². The minimum atomic E-state index is -0.391. The van der Waals surface area contributed by atoms with Crippen LogP contribution in [0.25, 0.3) is 10.9 Å². The number of hydrogen-bond acceptors (Lipinski definition) is 3. The molecule has 2 aromatic rings. The molecule has 5 heteroatoms. The van der Waals surface area contributed by atoms with Gasteiger partial charge in [-0.2, -0.15) is 4.73 Å². The number of aromatic nitrogens is 1. The zero-order valence-corrected chi connectivity index (χ0v) is 9.19. The summed E-state index contributed by atoms with van der Waals surface area (Å²) in [6, 6.07) is 5.50. The first-order chi connectivity index (χ1) is 8.15. The molecule has 86 valence electrons. The normalized spacial score (nSPS) is 13.6. The van der Waals surface area contributed by atoms with E-state index in [9.17, 15) is 9.59 Å². The first-order valence-corrected chi connectivity index (χ1v) is 5.27. The third kappa shape index (κ3) is 1.47. The molecule has 0 unspecified atom stereocenters. The first kappa shape index (κ1) is 9.89. The molecule has 0 bridgehead atoms. The molecule has 3 rings (SSSR count). The van der Waals surface area contributed by atoms with Crippen molar-refractivity contribution in [2.75, 3.05) is 5.32 Å². The van der Waals surface area contributed by atoms with Crippen molar-refractivity contribution in [3.63, 3.8) is 0 Å². The molecule has 0 aliphatic carbocycles. The third-order valence-electron chi connectivity index (χ3n) is 2.73. The Hall–Kier alpha value is -2.30. The Morgan fingerprint density at radius 1 is 1.47 bits per heavy atom. The molecule has 0 spiro atoms. The Labute approximate surface area is 96.9 Å². The van der Waals surface area contributed by atoms with Crippen molar-refractivity contribution in [3.8, 4) is 0 Å². The SMILES string of the molecule is CC(=O)On1cc2c3c(cccc31)NC(=O)C2. The van der Waals surface area contributed by atoms with E-state index in [1.807, 2.05) is 18.2 Å². The number of rotatable bonds is 1. The molecule has 2 heterocycles. The number of nitrogens with one attached hydrogen (secondary N) is 1. The standard InChI is InChI=1S/C12H10N2O3/c1-7(15)17-14-6-8-5-11(16)13-9-3-2-4-10(14)12(8)9/h2-4,6H,5H2,1H3,(H,13,16). The summed E-state index contributed by atoms with van der Waals surface area (Å²) in [5.41, 5.74) is 2.42. The fourth-order valence-electron chi connectivity index (χ4n) is 2.16. The molecule has 0 atom stereocenters. The van der Waals surface area contributed by atoms with Gasteiger partial charge in [0.15, 0.2) is 0 Å². The summed E-state index contributed by atoms with van der Waals surface area (Å²) in [4.78, 5) is 27.5. The van der Waals surface area contributed by atoms with Gasteiger partial charge in [-0.3, -0.25) is 4.79 Å². The Balaban J connectivity index is 2.26. The number of carbonyl (C=O) groups excluding carboxylic acids is 2. The van der Waals surface area contributed by atoms with E-state index in [-0.39, 0.29) is 5.91 Å². The molecule has 17 heavy (non-hydrogen) atoms. The van der Waals surface area contributed by atoms with Gasteiger partial charge in [0.1, 0.15) is 0 Å². The molecule has 0 radical (unpaired) electrons. The number of nitrogens with zero attached hydrogens (tertiary/aromatic N) is 1. The molecule has 0 saturated carbocycles. The molecule has 1 N–H and O–H groups in total. The van der Waals surface area contributed by atoms with Crippen LogP contribution in [0.1, 0.15) is 12.5 Å². The smallest absolute Gasteiger partial charge is 0.329 e. The summed E-state index contributed by atoms with van der Waals surface area (Å²) in [5, 5.41) is 3.74. The number of hydrogen-bond donors (Lipinski definition) is 1. The number of benzene rings is 1. The fraction of sp³-hybridized carbons (Fsp3) is 0.167. The van der Waals surface area contributed by atoms with Crippen molar-refractivity contribution >= 4 is 28.5 Å². The van der Waals surface area contributed by atoms with Gasteiger partial charge in [0.2, 0.25) is 5.91 Å². The van der Waals surface area contributed by atoms with Crippen LogP contribution in [0.15, 0.2) is 24.4 Å². The molecular weight excluding hydrogens is 220 g/mol. The van der Waals surface area contributed by atoms with E-state index in [0.29, 0.717) is 6.42 Å². The van der Waals surface area contributed by atoms with E-state index in [1.165, 1.54) is 11.7 Å². The molecule has 1 amide bonds. The van der Waals surface area contributed by atoms with Crippen molar-refractivity contribution in [1.82, 2.24) is 4.73 Å². The lowest BCUT2D eigenvalue weighted by atomic mass is 10.0. The highest BCUT2D eigenvalue weighted by Gasteiger charge is 2.21. The number of anilines is 1. The lowest BCUT2D eigenvalue weighted by Crippen LogP contribution is -2.18. The van der Waals surface area contributed by atoms with Crippen LogP contribution in [0.5, 0.6) is 0 Å². The topological polar surface area (TPSA) is 60.3 Å². The monoisotopic (exact) mass is 230 g/mol. The van der Waals surface area contributed by atoms with Crippen LogP contribution in [0.2, 0.25) is 0 Å². The van der Waals surface area contributed by atoms with Crippen LogP contribution >= 0.6 is 0 Å². The second kappa shape index (κ2) is 3.35. The highest BCUT2D eigenvalue weighted by atomic mass is 16.7. The lowest BCUT2D eigenvalue weighted by Gasteiger charge is -2.12. The van der Waals surface area contributed by atoms with Crippen molar-refractivity contribution < 1.29 is 14.4 Å². The molecule has 5 nitrogen and oxygen atoms in total. The fourth-order valence-corrected chi connectivity index (χ4v) is 2.16. The van der Waals surface area contributed by atoms with Gasteiger partial charge in [-0.25, -0.2) is 4.79 Å². The highest BCUT2D eigenvalue weighted by Crippen LogP contribution is 2.31. The zero-order valence-electron chi connectivity index (χ0n) is 9.19. The predicted octanol–water partition coefficient (Wildman–Crippen LogP) is 1.11. The number of amides is 1. The minimum absolute atomic E-state index is 0.0504. The maximum atomic E-state index is 11.5. The molecule has 1 aliphatic heterocycles. The van der Waals surface area contributed by atoms with E-state index in [0.717, 1.165) is 22.2 Å². The van der Waals surface area contributed by atoms with E-state index in [4.69, 9.17) is 4.84 Å². The summed E-state index contributed by atoms with van der Waals surface area (Å²) in [5.74, 6) is -0.442. The van der Waals surface area contributed by atoms with Gasteiger partial charge in [-0.15, -0.1) is 0 Å². The highest BCUT2D eigenvalue weighted by molar-refractivity contribution is 6.08. The van der Waals surface area contributed by atoms with Gasteiger partial charge in [0, 0.05) is 18.5 Å². The van der Waals surface area contributed by atoms with Crippen molar-refractivity contribution in [3.05, 3.63) is 30.0 Å². The summed E-state index contributed by atoms with van der Waals surface area (Å²) >= 11 is 0. The largest absolute Gasteiger partial charge is 0.337 e. The Morgan fingerprint density at radius 3 is 3.06 bits per heavy atom. The third-order valence-corrected chi connectivity index (χ3v) is 2.73. The maximum absolute atomic E-state index is 11.5. The Kier molecular flexibility index (Phi) is 1.95. The summed E-state index contributed by atoms with van der Waals surface area (Å²) in [6.07, 6.45) is 2.00.